The monoisotopic (exact) mass is 213 g/mol. The summed E-state index contributed by atoms with van der Waals surface area (Å²) < 4.78 is 0. The fourth-order valence-corrected chi connectivity index (χ4v) is 2.99. The zero-order chi connectivity index (χ0) is 10.9. The molecule has 0 spiro atoms. The van der Waals surface area contributed by atoms with E-state index >= 15 is 0 Å². The maximum Gasteiger partial charge on any atom is 0.311 e. The minimum Gasteiger partial charge on any atom is -0.481 e. The molecular weight excluding hydrogens is 194 g/mol. The summed E-state index contributed by atoms with van der Waals surface area (Å²) in [5, 5.41) is 22.7. The molecule has 1 heterocycles. The molecule has 1 unspecified atom stereocenters. The van der Waals surface area contributed by atoms with Gasteiger partial charge in [-0.05, 0) is 32.2 Å². The average Bonchev–Trinajstić information content (AvgIpc) is 2.76. The fraction of sp³-hybridized carbons (Fsp3) is 0.909. The Morgan fingerprint density at radius 1 is 1.27 bits per heavy atom. The Kier molecular flexibility index (Phi) is 2.73. The molecule has 0 aromatic heterocycles. The van der Waals surface area contributed by atoms with Crippen LogP contribution in [0.4, 0.5) is 0 Å². The third-order valence-corrected chi connectivity index (χ3v) is 3.90. The van der Waals surface area contributed by atoms with Gasteiger partial charge in [0.15, 0.2) is 0 Å². The molecule has 1 atom stereocenters. The summed E-state index contributed by atoms with van der Waals surface area (Å²) in [5.74, 6) is -0.757. The van der Waals surface area contributed by atoms with Gasteiger partial charge in [0.25, 0.3) is 0 Å². The first-order valence-corrected chi connectivity index (χ1v) is 5.73. The summed E-state index contributed by atoms with van der Waals surface area (Å²) in [6.45, 7) is 1.26. The van der Waals surface area contributed by atoms with Crippen molar-refractivity contribution in [3.63, 3.8) is 0 Å². The summed E-state index contributed by atoms with van der Waals surface area (Å²) in [6.07, 6.45) is 4.65. The van der Waals surface area contributed by atoms with E-state index in [1.165, 1.54) is 0 Å². The van der Waals surface area contributed by atoms with Crippen molar-refractivity contribution in [3.05, 3.63) is 0 Å². The van der Waals surface area contributed by atoms with Gasteiger partial charge in [-0.15, -0.1) is 0 Å². The minimum absolute atomic E-state index is 0.419. The number of carboxylic acids is 1. The molecule has 4 nitrogen and oxygen atoms in total. The smallest absolute Gasteiger partial charge is 0.311 e. The van der Waals surface area contributed by atoms with Crippen LogP contribution in [0.25, 0.3) is 0 Å². The second kappa shape index (κ2) is 3.76. The Bertz CT molecular complexity index is 253. The van der Waals surface area contributed by atoms with E-state index in [4.69, 9.17) is 0 Å². The first-order chi connectivity index (χ1) is 7.06. The van der Waals surface area contributed by atoms with E-state index < -0.39 is 17.0 Å². The minimum atomic E-state index is -0.757. The average molecular weight is 213 g/mol. The molecule has 2 fully saturated rings. The molecule has 0 bridgehead atoms. The van der Waals surface area contributed by atoms with Gasteiger partial charge in [0, 0.05) is 6.54 Å². The third-order valence-electron chi connectivity index (χ3n) is 3.90. The molecule has 86 valence electrons. The number of aliphatic hydroxyl groups is 1. The van der Waals surface area contributed by atoms with Gasteiger partial charge in [0.05, 0.1) is 11.0 Å². The van der Waals surface area contributed by atoms with Crippen LogP contribution in [-0.4, -0.2) is 34.9 Å². The van der Waals surface area contributed by atoms with Gasteiger partial charge < -0.3 is 15.5 Å². The van der Waals surface area contributed by atoms with Crippen molar-refractivity contribution in [2.75, 3.05) is 13.1 Å². The van der Waals surface area contributed by atoms with Crippen LogP contribution in [0.2, 0.25) is 0 Å². The Morgan fingerprint density at radius 3 is 2.40 bits per heavy atom. The van der Waals surface area contributed by atoms with Crippen molar-refractivity contribution in [2.45, 2.75) is 44.1 Å². The summed E-state index contributed by atoms with van der Waals surface area (Å²) in [5.41, 5.74) is -1.44. The topological polar surface area (TPSA) is 69.6 Å². The van der Waals surface area contributed by atoms with Gasteiger partial charge in [0.1, 0.15) is 0 Å². The normalized spacial score (nSPS) is 34.5. The lowest BCUT2D eigenvalue weighted by molar-refractivity contribution is -0.152. The van der Waals surface area contributed by atoms with Crippen LogP contribution in [0, 0.1) is 5.41 Å². The van der Waals surface area contributed by atoms with Crippen molar-refractivity contribution >= 4 is 5.97 Å². The highest BCUT2D eigenvalue weighted by molar-refractivity contribution is 5.75. The van der Waals surface area contributed by atoms with Gasteiger partial charge in [0.2, 0.25) is 0 Å². The molecule has 3 N–H and O–H groups in total. The van der Waals surface area contributed by atoms with E-state index in [1.54, 1.807) is 0 Å². The number of nitrogens with one attached hydrogen (secondary N) is 1. The van der Waals surface area contributed by atoms with Crippen molar-refractivity contribution in [3.8, 4) is 0 Å². The summed E-state index contributed by atoms with van der Waals surface area (Å²) in [7, 11) is 0. The van der Waals surface area contributed by atoms with E-state index in [1.807, 2.05) is 0 Å². The van der Waals surface area contributed by atoms with E-state index in [0.717, 1.165) is 32.2 Å². The van der Waals surface area contributed by atoms with E-state index in [-0.39, 0.29) is 0 Å². The number of rotatable bonds is 3. The maximum absolute atomic E-state index is 11.3. The first-order valence-electron chi connectivity index (χ1n) is 5.73. The standard InChI is InChI=1S/C11H19NO3/c13-9(14)10(5-6-12-8-10)7-11(15)3-1-2-4-11/h12,15H,1-8H2,(H,13,14). The molecule has 0 radical (unpaired) electrons. The van der Waals surface area contributed by atoms with Gasteiger partial charge >= 0.3 is 5.97 Å². The van der Waals surface area contributed by atoms with E-state index in [0.29, 0.717) is 19.4 Å². The van der Waals surface area contributed by atoms with Crippen molar-refractivity contribution < 1.29 is 15.0 Å². The molecule has 2 rings (SSSR count). The van der Waals surface area contributed by atoms with Crippen LogP contribution < -0.4 is 5.32 Å². The molecule has 2 aliphatic rings. The quantitative estimate of drug-likeness (QED) is 0.647. The maximum atomic E-state index is 11.3. The number of aliphatic carboxylic acids is 1. The molecule has 1 saturated carbocycles. The van der Waals surface area contributed by atoms with E-state index in [2.05, 4.69) is 5.32 Å². The predicted molar refractivity (Wildman–Crippen MR) is 55.6 cm³/mol. The summed E-state index contributed by atoms with van der Waals surface area (Å²) >= 11 is 0. The third kappa shape index (κ3) is 2.01. The second-order valence-corrected chi connectivity index (χ2v) is 5.12. The molecule has 0 amide bonds. The van der Waals surface area contributed by atoms with Crippen LogP contribution in [0.3, 0.4) is 0 Å². The van der Waals surface area contributed by atoms with Gasteiger partial charge in [-0.1, -0.05) is 12.8 Å². The SMILES string of the molecule is O=C(O)C1(CC2(O)CCCC2)CCNC1. The fourth-order valence-electron chi connectivity index (χ4n) is 2.99. The van der Waals surface area contributed by atoms with Gasteiger partial charge in [-0.2, -0.15) is 0 Å². The molecule has 1 aliphatic carbocycles. The molecule has 1 saturated heterocycles. The highest BCUT2D eigenvalue weighted by Crippen LogP contribution is 2.42. The number of hydrogen-bond donors (Lipinski definition) is 3. The van der Waals surface area contributed by atoms with Crippen molar-refractivity contribution in [2.24, 2.45) is 5.41 Å². The van der Waals surface area contributed by atoms with Crippen LogP contribution in [0.15, 0.2) is 0 Å². The van der Waals surface area contributed by atoms with Gasteiger partial charge in [-0.3, -0.25) is 4.79 Å². The first kappa shape index (κ1) is 10.9. The highest BCUT2D eigenvalue weighted by atomic mass is 16.4. The lowest BCUT2D eigenvalue weighted by atomic mass is 9.76. The highest BCUT2D eigenvalue weighted by Gasteiger charge is 2.48. The molecular formula is C11H19NO3. The van der Waals surface area contributed by atoms with Gasteiger partial charge in [-0.25, -0.2) is 0 Å². The van der Waals surface area contributed by atoms with Crippen LogP contribution in [0.5, 0.6) is 0 Å². The van der Waals surface area contributed by atoms with Crippen LogP contribution in [-0.2, 0) is 4.79 Å². The predicted octanol–water partition coefficient (Wildman–Crippen LogP) is 0.746. The van der Waals surface area contributed by atoms with Crippen molar-refractivity contribution in [1.82, 2.24) is 5.32 Å². The molecule has 1 aliphatic heterocycles. The molecule has 0 aromatic rings. The van der Waals surface area contributed by atoms with Crippen LogP contribution >= 0.6 is 0 Å². The number of hydrogen-bond acceptors (Lipinski definition) is 3. The van der Waals surface area contributed by atoms with Crippen molar-refractivity contribution in [1.29, 1.82) is 0 Å². The largest absolute Gasteiger partial charge is 0.481 e. The van der Waals surface area contributed by atoms with E-state index in [9.17, 15) is 15.0 Å². The molecule has 15 heavy (non-hydrogen) atoms. The number of carboxylic acid groups (broad SMARTS) is 1. The Hall–Kier alpha value is -0.610. The Morgan fingerprint density at radius 2 is 1.93 bits per heavy atom. The van der Waals surface area contributed by atoms with Crippen LogP contribution in [0.1, 0.15) is 38.5 Å². The molecule has 4 heteroatoms. The summed E-state index contributed by atoms with van der Waals surface area (Å²) in [4.78, 5) is 11.3. The Labute approximate surface area is 89.7 Å². The zero-order valence-corrected chi connectivity index (χ0v) is 8.96. The lowest BCUT2D eigenvalue weighted by Gasteiger charge is -2.32. The summed E-state index contributed by atoms with van der Waals surface area (Å²) in [6, 6.07) is 0. The Balaban J connectivity index is 2.09. The second-order valence-electron chi connectivity index (χ2n) is 5.12. The molecule has 0 aromatic carbocycles. The lowest BCUT2D eigenvalue weighted by Crippen LogP contribution is -2.41. The number of carbonyl (C=O) groups is 1. The zero-order valence-electron chi connectivity index (χ0n) is 8.96.